The van der Waals surface area contributed by atoms with Crippen LogP contribution >= 0.6 is 0 Å². The summed E-state index contributed by atoms with van der Waals surface area (Å²) in [7, 11) is 0. The zero-order valence-electron chi connectivity index (χ0n) is 11.0. The second-order valence-electron chi connectivity index (χ2n) is 3.98. The maximum Gasteiger partial charge on any atom is 0.293 e. The Balaban J connectivity index is 1.67. The van der Waals surface area contributed by atoms with Crippen LogP contribution in [0.25, 0.3) is 5.82 Å². The van der Waals surface area contributed by atoms with Gasteiger partial charge in [0.25, 0.3) is 5.91 Å². The first kappa shape index (κ1) is 13.4. The summed E-state index contributed by atoms with van der Waals surface area (Å²) in [5.41, 5.74) is 8.45. The number of hydrogen-bond acceptors (Lipinski definition) is 9. The van der Waals surface area contributed by atoms with Gasteiger partial charge in [-0.3, -0.25) is 9.78 Å². The maximum atomic E-state index is 11.9. The molecule has 0 unspecified atom stereocenters. The van der Waals surface area contributed by atoms with Crippen LogP contribution in [0.1, 0.15) is 16.2 Å². The molecule has 0 spiro atoms. The maximum absolute atomic E-state index is 11.9. The quantitative estimate of drug-likeness (QED) is 0.478. The van der Waals surface area contributed by atoms with Crippen LogP contribution in [0.4, 0.5) is 5.82 Å². The number of pyridine rings is 1. The molecule has 1 amide bonds. The molecular weight excluding hydrogens is 290 g/mol. The van der Waals surface area contributed by atoms with E-state index in [1.165, 1.54) is 17.1 Å². The van der Waals surface area contributed by atoms with E-state index in [0.29, 0.717) is 5.69 Å². The Kier molecular flexibility index (Phi) is 3.51. The highest BCUT2D eigenvalue weighted by atomic mass is 16.6. The van der Waals surface area contributed by atoms with Crippen LogP contribution in [0.3, 0.4) is 0 Å². The molecule has 11 nitrogen and oxygen atoms in total. The topological polar surface area (TPSA) is 150 Å². The number of anilines is 1. The highest BCUT2D eigenvalue weighted by molar-refractivity contribution is 5.92. The lowest BCUT2D eigenvalue weighted by atomic mass is 10.4. The predicted octanol–water partition coefficient (Wildman–Crippen LogP) is -0.609. The summed E-state index contributed by atoms with van der Waals surface area (Å²) in [5, 5.41) is 18.1. The van der Waals surface area contributed by atoms with E-state index in [1.807, 2.05) is 0 Å². The molecule has 0 bridgehead atoms. The number of carbonyl (C=O) groups is 1. The number of nitrogens with one attached hydrogen (secondary N) is 1. The van der Waals surface area contributed by atoms with Crippen molar-refractivity contribution in [1.29, 1.82) is 0 Å². The first-order valence-electron chi connectivity index (χ1n) is 5.99. The first-order chi connectivity index (χ1) is 10.7. The monoisotopic (exact) mass is 299 g/mol. The van der Waals surface area contributed by atoms with Gasteiger partial charge in [0.15, 0.2) is 5.69 Å². The second-order valence-corrected chi connectivity index (χ2v) is 3.98. The molecule has 0 saturated carbocycles. The molecule has 0 radical (unpaired) electrons. The largest absolute Gasteiger partial charge is 0.378 e. The molecule has 0 aliphatic carbocycles. The van der Waals surface area contributed by atoms with Crippen molar-refractivity contribution in [2.24, 2.45) is 5.10 Å². The van der Waals surface area contributed by atoms with Gasteiger partial charge in [-0.1, -0.05) is 11.3 Å². The van der Waals surface area contributed by atoms with Crippen molar-refractivity contribution in [2.45, 2.75) is 0 Å². The van der Waals surface area contributed by atoms with Crippen molar-refractivity contribution in [3.8, 4) is 5.82 Å². The zero-order valence-corrected chi connectivity index (χ0v) is 11.0. The van der Waals surface area contributed by atoms with Gasteiger partial charge in [0.1, 0.15) is 0 Å². The molecule has 3 heterocycles. The zero-order chi connectivity index (χ0) is 15.4. The highest BCUT2D eigenvalue weighted by Gasteiger charge is 2.15. The van der Waals surface area contributed by atoms with Crippen molar-refractivity contribution in [2.75, 3.05) is 5.73 Å². The Morgan fingerprint density at radius 2 is 2.32 bits per heavy atom. The summed E-state index contributed by atoms with van der Waals surface area (Å²) >= 11 is 0. The van der Waals surface area contributed by atoms with E-state index in [9.17, 15) is 4.79 Å². The Morgan fingerprint density at radius 3 is 3.05 bits per heavy atom. The third kappa shape index (κ3) is 2.77. The van der Waals surface area contributed by atoms with Gasteiger partial charge in [-0.15, -0.1) is 5.10 Å². The third-order valence-electron chi connectivity index (χ3n) is 2.49. The van der Waals surface area contributed by atoms with Crippen LogP contribution < -0.4 is 11.2 Å². The number of aromatic nitrogens is 6. The van der Waals surface area contributed by atoms with Crippen molar-refractivity contribution < 1.29 is 9.42 Å². The van der Waals surface area contributed by atoms with E-state index >= 15 is 0 Å². The predicted molar refractivity (Wildman–Crippen MR) is 72.9 cm³/mol. The van der Waals surface area contributed by atoms with Crippen LogP contribution in [0.15, 0.2) is 40.3 Å². The number of nitrogens with zero attached hydrogens (tertiary/aromatic N) is 7. The molecule has 0 aliphatic rings. The molecule has 110 valence electrons. The second kappa shape index (κ2) is 5.78. The number of nitrogens with two attached hydrogens (primary N) is 1. The molecule has 3 aromatic rings. The van der Waals surface area contributed by atoms with Gasteiger partial charge in [-0.05, 0) is 22.4 Å². The molecule has 3 aromatic heterocycles. The number of rotatable bonds is 4. The average molecular weight is 299 g/mol. The van der Waals surface area contributed by atoms with E-state index in [-0.39, 0.29) is 17.3 Å². The molecule has 3 N–H and O–H groups in total. The fraction of sp³-hybridized carbons (Fsp3) is 0. The highest BCUT2D eigenvalue weighted by Crippen LogP contribution is 2.09. The molecule has 0 fully saturated rings. The van der Waals surface area contributed by atoms with Gasteiger partial charge in [-0.25, -0.2) is 10.1 Å². The van der Waals surface area contributed by atoms with Crippen LogP contribution in [-0.2, 0) is 0 Å². The van der Waals surface area contributed by atoms with Crippen LogP contribution in [0.2, 0.25) is 0 Å². The number of hydrazone groups is 1. The van der Waals surface area contributed by atoms with E-state index in [0.717, 1.165) is 0 Å². The Bertz CT molecular complexity index is 808. The van der Waals surface area contributed by atoms with Crippen molar-refractivity contribution in [1.82, 2.24) is 35.7 Å². The molecule has 0 aromatic carbocycles. The minimum atomic E-state index is -0.548. The number of nitrogen functional groups attached to an aromatic ring is 1. The van der Waals surface area contributed by atoms with Gasteiger partial charge in [-0.2, -0.15) is 9.78 Å². The van der Waals surface area contributed by atoms with E-state index in [4.69, 9.17) is 5.73 Å². The third-order valence-corrected chi connectivity index (χ3v) is 2.49. The summed E-state index contributed by atoms with van der Waals surface area (Å²) in [6.07, 6.45) is 4.34. The number of hydrogen-bond donors (Lipinski definition) is 2. The Hall–Kier alpha value is -3.63. The Morgan fingerprint density at radius 1 is 1.41 bits per heavy atom. The van der Waals surface area contributed by atoms with Gasteiger partial charge in [0, 0.05) is 6.20 Å². The van der Waals surface area contributed by atoms with Gasteiger partial charge in [0.2, 0.25) is 11.6 Å². The van der Waals surface area contributed by atoms with E-state index < -0.39 is 5.91 Å². The normalized spacial score (nSPS) is 10.9. The van der Waals surface area contributed by atoms with Gasteiger partial charge in [0.05, 0.1) is 18.1 Å². The van der Waals surface area contributed by atoms with Gasteiger partial charge >= 0.3 is 0 Å². The molecule has 0 saturated heterocycles. The number of amides is 1. The fourth-order valence-electron chi connectivity index (χ4n) is 1.49. The summed E-state index contributed by atoms with van der Waals surface area (Å²) in [6, 6.07) is 5.32. The average Bonchev–Trinajstić information content (AvgIpc) is 3.17. The van der Waals surface area contributed by atoms with E-state index in [2.05, 4.69) is 40.8 Å². The van der Waals surface area contributed by atoms with Crippen LogP contribution in [0, 0.1) is 0 Å². The summed E-state index contributed by atoms with van der Waals surface area (Å²) in [6.45, 7) is 0. The fourth-order valence-corrected chi connectivity index (χ4v) is 1.49. The van der Waals surface area contributed by atoms with Crippen LogP contribution in [-0.4, -0.2) is 42.4 Å². The molecule has 22 heavy (non-hydrogen) atoms. The molecule has 11 heteroatoms. The molecule has 0 aliphatic heterocycles. The smallest absolute Gasteiger partial charge is 0.293 e. The molecule has 3 rings (SSSR count). The summed E-state index contributed by atoms with van der Waals surface area (Å²) < 4.78 is 5.61. The van der Waals surface area contributed by atoms with Gasteiger partial charge < -0.3 is 5.73 Å². The van der Waals surface area contributed by atoms with Crippen molar-refractivity contribution >= 4 is 17.9 Å². The summed E-state index contributed by atoms with van der Waals surface area (Å²) in [5.74, 6) is -0.373. The van der Waals surface area contributed by atoms with Crippen molar-refractivity contribution in [3.05, 3.63) is 42.0 Å². The Labute approximate surface area is 122 Å². The molecule has 0 atom stereocenters. The minimum absolute atomic E-state index is 0.0283. The lowest BCUT2D eigenvalue weighted by Crippen LogP contribution is -2.18. The number of carbonyl (C=O) groups excluding carboxylic acids is 1. The first-order valence-corrected chi connectivity index (χ1v) is 5.99. The van der Waals surface area contributed by atoms with Crippen molar-refractivity contribution in [3.63, 3.8) is 0 Å². The van der Waals surface area contributed by atoms with E-state index in [1.54, 1.807) is 24.4 Å². The lowest BCUT2D eigenvalue weighted by Gasteiger charge is -1.94. The molecular formula is C11H9N9O2. The minimum Gasteiger partial charge on any atom is -0.378 e. The summed E-state index contributed by atoms with van der Waals surface area (Å²) in [4.78, 5) is 15.9. The van der Waals surface area contributed by atoms with Crippen LogP contribution in [0.5, 0.6) is 0 Å². The SMILES string of the molecule is Nc1nonc1-n1cc(C(=O)NN=Cc2ccccn2)nn1. The lowest BCUT2D eigenvalue weighted by molar-refractivity contribution is 0.0950. The standard InChI is InChI=1S/C11H9N9O2/c12-9-10(18-22-17-9)20-6-8(15-19-20)11(21)16-14-5-7-3-1-2-4-13-7/h1-6H,(H2,12,17)(H,16,21).